The topological polar surface area (TPSA) is 94.9 Å². The van der Waals surface area contributed by atoms with Crippen molar-refractivity contribution in [3.63, 3.8) is 0 Å². The molecule has 0 saturated carbocycles. The number of nitrogens with one attached hydrogen (secondary N) is 2. The molecule has 2 aromatic rings. The number of carbonyl (C=O) groups is 3. The maximum atomic E-state index is 12.2. The summed E-state index contributed by atoms with van der Waals surface area (Å²) < 4.78 is 5.14. The predicted molar refractivity (Wildman–Crippen MR) is 109 cm³/mol. The monoisotopic (exact) mass is 418 g/mol. The maximum Gasteiger partial charge on any atom is 0.289 e. The first-order valence-corrected chi connectivity index (χ1v) is 9.68. The molecule has 3 rings (SSSR count). The molecule has 1 aromatic carbocycles. The SMILES string of the molecule is Cc1c(Cl)cccc1NC(=O)CNC(=O)CN1CCN(C(=O)c2ccco2)CC1. The number of rotatable bonds is 6. The summed E-state index contributed by atoms with van der Waals surface area (Å²) in [5.41, 5.74) is 1.39. The number of furan rings is 1. The lowest BCUT2D eigenvalue weighted by Crippen LogP contribution is -2.51. The van der Waals surface area contributed by atoms with Gasteiger partial charge in [-0.2, -0.15) is 0 Å². The Bertz CT molecular complexity index is 877. The van der Waals surface area contributed by atoms with Gasteiger partial charge in [-0.15, -0.1) is 0 Å². The zero-order chi connectivity index (χ0) is 20.8. The zero-order valence-corrected chi connectivity index (χ0v) is 16.9. The molecule has 0 spiro atoms. The fourth-order valence-electron chi connectivity index (χ4n) is 3.04. The van der Waals surface area contributed by atoms with Gasteiger partial charge >= 0.3 is 0 Å². The van der Waals surface area contributed by atoms with Crippen molar-refractivity contribution in [2.75, 3.05) is 44.6 Å². The number of anilines is 1. The Labute approximate surface area is 173 Å². The molecule has 3 amide bonds. The standard InChI is InChI=1S/C20H23ClN4O4/c1-14-15(21)4-2-5-16(14)23-18(26)12-22-19(27)13-24-7-9-25(10-8-24)20(28)17-6-3-11-29-17/h2-6,11H,7-10,12-13H2,1H3,(H,22,27)(H,23,26). The highest BCUT2D eigenvalue weighted by Crippen LogP contribution is 2.22. The van der Waals surface area contributed by atoms with E-state index in [-0.39, 0.29) is 30.8 Å². The fraction of sp³-hybridized carbons (Fsp3) is 0.350. The summed E-state index contributed by atoms with van der Waals surface area (Å²) in [5.74, 6) is -0.393. The van der Waals surface area contributed by atoms with Gasteiger partial charge in [0.05, 0.1) is 19.4 Å². The van der Waals surface area contributed by atoms with Gasteiger partial charge in [0.2, 0.25) is 11.8 Å². The average Bonchev–Trinajstić information content (AvgIpc) is 3.25. The summed E-state index contributed by atoms with van der Waals surface area (Å²) >= 11 is 6.04. The number of carbonyl (C=O) groups excluding carboxylic acids is 3. The molecule has 0 aliphatic carbocycles. The van der Waals surface area contributed by atoms with Gasteiger partial charge in [-0.1, -0.05) is 17.7 Å². The molecule has 2 heterocycles. The van der Waals surface area contributed by atoms with Crippen LogP contribution in [-0.4, -0.2) is 66.8 Å². The molecular formula is C20H23ClN4O4. The van der Waals surface area contributed by atoms with Crippen LogP contribution in [-0.2, 0) is 9.59 Å². The molecule has 1 aliphatic heterocycles. The van der Waals surface area contributed by atoms with Gasteiger partial charge in [-0.05, 0) is 36.8 Å². The van der Waals surface area contributed by atoms with Crippen LogP contribution in [0.25, 0.3) is 0 Å². The minimum Gasteiger partial charge on any atom is -0.459 e. The van der Waals surface area contributed by atoms with Crippen molar-refractivity contribution < 1.29 is 18.8 Å². The van der Waals surface area contributed by atoms with Gasteiger partial charge in [-0.3, -0.25) is 19.3 Å². The second-order valence-corrected chi connectivity index (χ2v) is 7.19. The summed E-state index contributed by atoms with van der Waals surface area (Å²) in [6.45, 7) is 4.05. The van der Waals surface area contributed by atoms with Crippen molar-refractivity contribution in [2.24, 2.45) is 0 Å². The summed E-state index contributed by atoms with van der Waals surface area (Å²) in [6, 6.07) is 8.57. The Morgan fingerprint density at radius 3 is 2.52 bits per heavy atom. The lowest BCUT2D eigenvalue weighted by molar-refractivity contribution is -0.125. The van der Waals surface area contributed by atoms with Gasteiger partial charge in [0.25, 0.3) is 5.91 Å². The second-order valence-electron chi connectivity index (χ2n) is 6.78. The molecule has 1 saturated heterocycles. The Morgan fingerprint density at radius 2 is 1.83 bits per heavy atom. The van der Waals surface area contributed by atoms with Gasteiger partial charge < -0.3 is 20.0 Å². The largest absolute Gasteiger partial charge is 0.459 e. The third kappa shape index (κ3) is 5.58. The van der Waals surface area contributed by atoms with E-state index in [9.17, 15) is 14.4 Å². The quantitative estimate of drug-likeness (QED) is 0.745. The van der Waals surface area contributed by atoms with Crippen LogP contribution in [0.2, 0.25) is 5.02 Å². The highest BCUT2D eigenvalue weighted by molar-refractivity contribution is 6.31. The number of halogens is 1. The molecule has 0 unspecified atom stereocenters. The third-order valence-corrected chi connectivity index (χ3v) is 5.16. The number of hydrogen-bond acceptors (Lipinski definition) is 5. The van der Waals surface area contributed by atoms with Crippen LogP contribution in [0.5, 0.6) is 0 Å². The van der Waals surface area contributed by atoms with Crippen LogP contribution in [0.3, 0.4) is 0 Å². The lowest BCUT2D eigenvalue weighted by Gasteiger charge is -2.33. The number of benzene rings is 1. The van der Waals surface area contributed by atoms with E-state index >= 15 is 0 Å². The molecule has 1 fully saturated rings. The second kappa shape index (κ2) is 9.58. The van der Waals surface area contributed by atoms with Crippen LogP contribution in [0.1, 0.15) is 16.1 Å². The van der Waals surface area contributed by atoms with Gasteiger partial charge in [-0.25, -0.2) is 0 Å². The Balaban J connectivity index is 1.38. The molecule has 8 nitrogen and oxygen atoms in total. The van der Waals surface area contributed by atoms with Crippen LogP contribution in [0.4, 0.5) is 5.69 Å². The number of hydrogen-bond donors (Lipinski definition) is 2. The molecule has 0 bridgehead atoms. The molecular weight excluding hydrogens is 396 g/mol. The number of amides is 3. The molecule has 154 valence electrons. The van der Waals surface area contributed by atoms with Crippen LogP contribution >= 0.6 is 11.6 Å². The van der Waals surface area contributed by atoms with E-state index in [1.165, 1.54) is 6.26 Å². The van der Waals surface area contributed by atoms with E-state index < -0.39 is 0 Å². The number of nitrogens with zero attached hydrogens (tertiary/aromatic N) is 2. The van der Waals surface area contributed by atoms with Crippen molar-refractivity contribution in [1.29, 1.82) is 0 Å². The first-order chi connectivity index (χ1) is 13.9. The van der Waals surface area contributed by atoms with Gasteiger partial charge in [0.15, 0.2) is 5.76 Å². The van der Waals surface area contributed by atoms with Crippen molar-refractivity contribution in [1.82, 2.24) is 15.1 Å². The van der Waals surface area contributed by atoms with Crippen LogP contribution in [0, 0.1) is 6.92 Å². The van der Waals surface area contributed by atoms with E-state index in [1.54, 1.807) is 35.2 Å². The van der Waals surface area contributed by atoms with Crippen molar-refractivity contribution in [2.45, 2.75) is 6.92 Å². The first-order valence-electron chi connectivity index (χ1n) is 9.31. The lowest BCUT2D eigenvalue weighted by atomic mass is 10.2. The smallest absolute Gasteiger partial charge is 0.289 e. The predicted octanol–water partition coefficient (Wildman–Crippen LogP) is 1.75. The molecule has 0 radical (unpaired) electrons. The minimum absolute atomic E-state index is 0.123. The van der Waals surface area contributed by atoms with Crippen LogP contribution < -0.4 is 10.6 Å². The Morgan fingerprint density at radius 1 is 1.07 bits per heavy atom. The summed E-state index contributed by atoms with van der Waals surface area (Å²) in [5, 5.41) is 5.92. The Kier molecular flexibility index (Phi) is 6.90. The normalized spacial score (nSPS) is 14.5. The average molecular weight is 419 g/mol. The van der Waals surface area contributed by atoms with Crippen molar-refractivity contribution >= 4 is 35.0 Å². The summed E-state index contributed by atoms with van der Waals surface area (Å²) in [6.07, 6.45) is 1.47. The molecule has 9 heteroatoms. The zero-order valence-electron chi connectivity index (χ0n) is 16.1. The molecule has 0 atom stereocenters. The summed E-state index contributed by atoms with van der Waals surface area (Å²) in [7, 11) is 0. The van der Waals surface area contributed by atoms with Crippen molar-refractivity contribution in [3.05, 3.63) is 52.9 Å². The van der Waals surface area contributed by atoms with E-state index in [1.807, 2.05) is 11.8 Å². The first kappa shape index (κ1) is 20.9. The van der Waals surface area contributed by atoms with E-state index in [0.717, 1.165) is 5.56 Å². The molecule has 2 N–H and O–H groups in total. The maximum absolute atomic E-state index is 12.2. The Hall–Kier alpha value is -2.84. The van der Waals surface area contributed by atoms with Gasteiger partial charge in [0.1, 0.15) is 0 Å². The highest BCUT2D eigenvalue weighted by atomic mass is 35.5. The van der Waals surface area contributed by atoms with Gasteiger partial charge in [0, 0.05) is 36.9 Å². The fourth-order valence-corrected chi connectivity index (χ4v) is 3.21. The van der Waals surface area contributed by atoms with E-state index in [0.29, 0.717) is 42.6 Å². The van der Waals surface area contributed by atoms with Crippen molar-refractivity contribution in [3.8, 4) is 0 Å². The number of piperazine rings is 1. The van der Waals surface area contributed by atoms with E-state index in [2.05, 4.69) is 10.6 Å². The van der Waals surface area contributed by atoms with E-state index in [4.69, 9.17) is 16.0 Å². The minimum atomic E-state index is -0.322. The summed E-state index contributed by atoms with van der Waals surface area (Å²) in [4.78, 5) is 40.1. The molecule has 29 heavy (non-hydrogen) atoms. The molecule has 1 aromatic heterocycles. The third-order valence-electron chi connectivity index (χ3n) is 4.75. The molecule has 1 aliphatic rings. The van der Waals surface area contributed by atoms with Crippen LogP contribution in [0.15, 0.2) is 41.0 Å². The highest BCUT2D eigenvalue weighted by Gasteiger charge is 2.24.